The monoisotopic (exact) mass is 290 g/mol. The number of rotatable bonds is 5. The van der Waals surface area contributed by atoms with Crippen LogP contribution in [-0.4, -0.2) is 20.9 Å². The highest BCUT2D eigenvalue weighted by molar-refractivity contribution is 5.97. The zero-order valence-corrected chi connectivity index (χ0v) is 12.2. The van der Waals surface area contributed by atoms with Crippen molar-refractivity contribution < 1.29 is 9.21 Å². The molecule has 0 aromatic carbocycles. The van der Waals surface area contributed by atoms with E-state index in [4.69, 9.17) is 10.3 Å². The number of anilines is 1. The van der Waals surface area contributed by atoms with E-state index in [1.165, 1.54) is 6.20 Å². The van der Waals surface area contributed by atoms with Gasteiger partial charge in [0.15, 0.2) is 5.69 Å². The molecule has 0 unspecified atom stereocenters. The van der Waals surface area contributed by atoms with Gasteiger partial charge >= 0.3 is 0 Å². The van der Waals surface area contributed by atoms with Crippen LogP contribution in [0.15, 0.2) is 16.8 Å². The summed E-state index contributed by atoms with van der Waals surface area (Å²) >= 11 is 0. The number of carbonyl (C=O) groups excluding carboxylic acids is 1. The van der Waals surface area contributed by atoms with E-state index in [1.807, 2.05) is 13.8 Å². The van der Waals surface area contributed by atoms with E-state index in [-0.39, 0.29) is 24.1 Å². The van der Waals surface area contributed by atoms with Crippen molar-refractivity contribution in [3.63, 3.8) is 0 Å². The first kappa shape index (κ1) is 14.9. The van der Waals surface area contributed by atoms with E-state index in [2.05, 4.69) is 25.7 Å². The van der Waals surface area contributed by atoms with Crippen LogP contribution >= 0.6 is 0 Å². The van der Waals surface area contributed by atoms with Gasteiger partial charge in [-0.15, -0.1) is 0 Å². The third-order valence-electron chi connectivity index (χ3n) is 2.76. The van der Waals surface area contributed by atoms with Crippen LogP contribution in [0.5, 0.6) is 0 Å². The number of carbonyl (C=O) groups is 1. The summed E-state index contributed by atoms with van der Waals surface area (Å²) in [6, 6.07) is 0. The molecule has 2 rings (SSSR count). The fourth-order valence-electron chi connectivity index (χ4n) is 1.68. The lowest BCUT2D eigenvalue weighted by Gasteiger charge is -2.10. The molecule has 0 saturated heterocycles. The predicted molar refractivity (Wildman–Crippen MR) is 76.3 cm³/mol. The minimum atomic E-state index is -0.372. The van der Waals surface area contributed by atoms with Gasteiger partial charge in [0.1, 0.15) is 11.6 Å². The minimum absolute atomic E-state index is 0.109. The van der Waals surface area contributed by atoms with E-state index in [1.54, 1.807) is 13.1 Å². The Kier molecular flexibility index (Phi) is 4.49. The van der Waals surface area contributed by atoms with Crippen molar-refractivity contribution in [3.05, 3.63) is 35.6 Å². The van der Waals surface area contributed by atoms with Gasteiger partial charge in [0.05, 0.1) is 24.6 Å². The maximum Gasteiger partial charge on any atom is 0.272 e. The van der Waals surface area contributed by atoms with Crippen molar-refractivity contribution in [2.75, 3.05) is 5.43 Å². The Hall–Kier alpha value is -2.48. The van der Waals surface area contributed by atoms with Gasteiger partial charge in [-0.25, -0.2) is 15.0 Å². The minimum Gasteiger partial charge on any atom is -0.444 e. The zero-order valence-electron chi connectivity index (χ0n) is 12.2. The van der Waals surface area contributed by atoms with Crippen molar-refractivity contribution in [2.24, 2.45) is 5.84 Å². The first-order valence-corrected chi connectivity index (χ1v) is 6.54. The maximum absolute atomic E-state index is 12.2. The summed E-state index contributed by atoms with van der Waals surface area (Å²) in [5, 5.41) is 2.69. The normalized spacial score (nSPS) is 10.7. The molecule has 8 heteroatoms. The molecule has 0 saturated carbocycles. The molecule has 0 aliphatic heterocycles. The summed E-state index contributed by atoms with van der Waals surface area (Å²) in [5.41, 5.74) is 2.98. The summed E-state index contributed by atoms with van der Waals surface area (Å²) in [5.74, 6) is 6.82. The Morgan fingerprint density at radius 2 is 2.14 bits per heavy atom. The lowest BCUT2D eigenvalue weighted by Crippen LogP contribution is -2.27. The van der Waals surface area contributed by atoms with Crippen LogP contribution in [-0.2, 0) is 6.54 Å². The number of oxazole rings is 1. The van der Waals surface area contributed by atoms with Crippen molar-refractivity contribution in [3.8, 4) is 0 Å². The number of nitrogens with one attached hydrogen (secondary N) is 2. The van der Waals surface area contributed by atoms with Gasteiger partial charge in [0.25, 0.3) is 5.91 Å². The quantitative estimate of drug-likeness (QED) is 0.557. The zero-order chi connectivity index (χ0) is 15.4. The number of nitrogens with zero attached hydrogens (tertiary/aromatic N) is 3. The molecule has 0 atom stereocenters. The number of hydrazine groups is 1. The molecule has 2 aromatic rings. The summed E-state index contributed by atoms with van der Waals surface area (Å²) in [4.78, 5) is 24.6. The number of hydrogen-bond acceptors (Lipinski definition) is 7. The average Bonchev–Trinajstić information content (AvgIpc) is 2.89. The Morgan fingerprint density at radius 1 is 1.38 bits per heavy atom. The molecule has 21 heavy (non-hydrogen) atoms. The Labute approximate surface area is 122 Å². The molecular formula is C13H18N6O2. The van der Waals surface area contributed by atoms with Crippen LogP contribution in [0.25, 0.3) is 0 Å². The third-order valence-corrected chi connectivity index (χ3v) is 2.76. The molecule has 1 amide bonds. The van der Waals surface area contributed by atoms with Gasteiger partial charge in [0.2, 0.25) is 5.89 Å². The van der Waals surface area contributed by atoms with Gasteiger partial charge in [-0.1, -0.05) is 13.8 Å². The molecule has 4 N–H and O–H groups in total. The first-order chi connectivity index (χ1) is 10.0. The molecule has 0 radical (unpaired) electrons. The second-order valence-electron chi connectivity index (χ2n) is 4.84. The number of aryl methyl sites for hydroxylation is 1. The standard InChI is InChI=1S/C13H18N6O2/c1-7(2)12-16-5-9(19-14)11(18-12)13(20)17-6-10-15-4-8(3)21-10/h4-5,7,19H,6,14H2,1-3H3,(H,17,20). The molecule has 0 bridgehead atoms. The fourth-order valence-corrected chi connectivity index (χ4v) is 1.68. The van der Waals surface area contributed by atoms with Gasteiger partial charge in [0, 0.05) is 5.92 Å². The van der Waals surface area contributed by atoms with Crippen molar-refractivity contribution in [1.82, 2.24) is 20.3 Å². The number of aromatic nitrogens is 3. The van der Waals surface area contributed by atoms with Crippen LogP contribution in [0.2, 0.25) is 0 Å². The Morgan fingerprint density at radius 3 is 2.71 bits per heavy atom. The summed E-state index contributed by atoms with van der Waals surface area (Å²) in [7, 11) is 0. The van der Waals surface area contributed by atoms with Crippen LogP contribution < -0.4 is 16.6 Å². The number of nitrogen functional groups attached to an aromatic ring is 1. The van der Waals surface area contributed by atoms with Gasteiger partial charge in [-0.3, -0.25) is 10.6 Å². The van der Waals surface area contributed by atoms with Crippen molar-refractivity contribution in [1.29, 1.82) is 0 Å². The first-order valence-electron chi connectivity index (χ1n) is 6.54. The van der Waals surface area contributed by atoms with Gasteiger partial charge < -0.3 is 15.2 Å². The van der Waals surface area contributed by atoms with Crippen LogP contribution in [0.3, 0.4) is 0 Å². The van der Waals surface area contributed by atoms with E-state index in [9.17, 15) is 4.79 Å². The molecule has 0 aliphatic carbocycles. The largest absolute Gasteiger partial charge is 0.444 e. The highest BCUT2D eigenvalue weighted by Crippen LogP contribution is 2.15. The van der Waals surface area contributed by atoms with E-state index >= 15 is 0 Å². The van der Waals surface area contributed by atoms with E-state index in [0.29, 0.717) is 23.2 Å². The Balaban J connectivity index is 2.15. The van der Waals surface area contributed by atoms with Crippen molar-refractivity contribution >= 4 is 11.6 Å². The SMILES string of the molecule is Cc1cnc(CNC(=O)c2nc(C(C)C)ncc2NN)o1. The maximum atomic E-state index is 12.2. The number of amides is 1. The average molecular weight is 290 g/mol. The summed E-state index contributed by atoms with van der Waals surface area (Å²) in [6.07, 6.45) is 3.09. The van der Waals surface area contributed by atoms with Gasteiger partial charge in [-0.2, -0.15) is 0 Å². The summed E-state index contributed by atoms with van der Waals surface area (Å²) < 4.78 is 5.29. The lowest BCUT2D eigenvalue weighted by atomic mass is 10.2. The Bertz CT molecular complexity index is 637. The fraction of sp³-hybridized carbons (Fsp3) is 0.385. The molecule has 0 spiro atoms. The highest BCUT2D eigenvalue weighted by atomic mass is 16.4. The van der Waals surface area contributed by atoms with E-state index < -0.39 is 0 Å². The smallest absolute Gasteiger partial charge is 0.272 e. The predicted octanol–water partition coefficient (Wildman–Crippen LogP) is 1.11. The highest BCUT2D eigenvalue weighted by Gasteiger charge is 2.16. The molecule has 0 aliphatic rings. The molecule has 2 aromatic heterocycles. The number of hydrogen-bond donors (Lipinski definition) is 3. The van der Waals surface area contributed by atoms with Gasteiger partial charge in [-0.05, 0) is 6.92 Å². The van der Waals surface area contributed by atoms with Crippen LogP contribution in [0.4, 0.5) is 5.69 Å². The van der Waals surface area contributed by atoms with Crippen molar-refractivity contribution in [2.45, 2.75) is 33.2 Å². The molecule has 0 fully saturated rings. The topological polar surface area (TPSA) is 119 Å². The lowest BCUT2D eigenvalue weighted by molar-refractivity contribution is 0.0942. The molecule has 2 heterocycles. The number of nitrogens with two attached hydrogens (primary N) is 1. The summed E-state index contributed by atoms with van der Waals surface area (Å²) in [6.45, 7) is 5.86. The molecule has 112 valence electrons. The third kappa shape index (κ3) is 3.54. The van der Waals surface area contributed by atoms with Crippen LogP contribution in [0.1, 0.15) is 47.7 Å². The van der Waals surface area contributed by atoms with E-state index in [0.717, 1.165) is 0 Å². The van der Waals surface area contributed by atoms with Crippen LogP contribution in [0, 0.1) is 6.92 Å². The molecular weight excluding hydrogens is 272 g/mol. The second-order valence-corrected chi connectivity index (χ2v) is 4.84. The second kappa shape index (κ2) is 6.31. The molecule has 8 nitrogen and oxygen atoms in total.